The minimum absolute atomic E-state index is 0.485. The van der Waals surface area contributed by atoms with Crippen molar-refractivity contribution in [2.75, 3.05) is 7.11 Å². The van der Waals surface area contributed by atoms with Crippen molar-refractivity contribution >= 4 is 0 Å². The Morgan fingerprint density at radius 2 is 2.18 bits per heavy atom. The van der Waals surface area contributed by atoms with Crippen molar-refractivity contribution in [1.29, 1.82) is 0 Å². The topological polar surface area (TPSA) is 63.9 Å². The van der Waals surface area contributed by atoms with E-state index in [9.17, 15) is 0 Å². The van der Waals surface area contributed by atoms with Gasteiger partial charge in [0.2, 0.25) is 0 Å². The van der Waals surface area contributed by atoms with Crippen molar-refractivity contribution < 1.29 is 4.74 Å². The highest BCUT2D eigenvalue weighted by atomic mass is 16.5. The number of nitrogens with one attached hydrogen (secondary N) is 1. The molecule has 0 aliphatic heterocycles. The second-order valence-corrected chi connectivity index (χ2v) is 3.85. The zero-order valence-electron chi connectivity index (χ0n) is 10.2. The van der Waals surface area contributed by atoms with Crippen LogP contribution in [0.4, 0.5) is 0 Å². The molecule has 1 heterocycles. The second kappa shape index (κ2) is 5.01. The van der Waals surface area contributed by atoms with Gasteiger partial charge in [0.25, 0.3) is 0 Å². The summed E-state index contributed by atoms with van der Waals surface area (Å²) in [5, 5.41) is 7.02. The van der Waals surface area contributed by atoms with Crippen LogP contribution in [0.25, 0.3) is 11.3 Å². The Kier molecular flexibility index (Phi) is 3.44. The zero-order valence-corrected chi connectivity index (χ0v) is 10.2. The largest absolute Gasteiger partial charge is 0.496 e. The SMILES string of the molecule is CCc1cc(-c2[nH]ncc2CN)ccc1OC. The van der Waals surface area contributed by atoms with Gasteiger partial charge >= 0.3 is 0 Å². The smallest absolute Gasteiger partial charge is 0.122 e. The van der Waals surface area contributed by atoms with Crippen molar-refractivity contribution in [2.45, 2.75) is 19.9 Å². The van der Waals surface area contributed by atoms with E-state index in [0.717, 1.165) is 29.0 Å². The number of aromatic nitrogens is 2. The molecule has 0 aliphatic rings. The molecule has 2 aromatic rings. The Bertz CT molecular complexity index is 505. The monoisotopic (exact) mass is 231 g/mol. The molecule has 17 heavy (non-hydrogen) atoms. The molecule has 0 spiro atoms. The molecule has 0 aliphatic carbocycles. The van der Waals surface area contributed by atoms with Crippen LogP contribution in [0.5, 0.6) is 5.75 Å². The van der Waals surface area contributed by atoms with Crippen molar-refractivity contribution in [1.82, 2.24) is 10.2 Å². The van der Waals surface area contributed by atoms with Crippen LogP contribution < -0.4 is 10.5 Å². The lowest BCUT2D eigenvalue weighted by atomic mass is 10.0. The number of hydrogen-bond donors (Lipinski definition) is 2. The van der Waals surface area contributed by atoms with E-state index in [2.05, 4.69) is 23.2 Å². The summed E-state index contributed by atoms with van der Waals surface area (Å²) in [5.74, 6) is 0.921. The third-order valence-corrected chi connectivity index (χ3v) is 2.89. The van der Waals surface area contributed by atoms with Crippen LogP contribution in [0.1, 0.15) is 18.1 Å². The van der Waals surface area contributed by atoms with Gasteiger partial charge in [-0.15, -0.1) is 0 Å². The summed E-state index contributed by atoms with van der Waals surface area (Å²) < 4.78 is 5.31. The molecule has 0 fully saturated rings. The molecule has 4 nitrogen and oxygen atoms in total. The van der Waals surface area contributed by atoms with E-state index in [1.807, 2.05) is 12.1 Å². The first-order valence-corrected chi connectivity index (χ1v) is 5.69. The van der Waals surface area contributed by atoms with Gasteiger partial charge in [0, 0.05) is 17.7 Å². The number of methoxy groups -OCH3 is 1. The number of hydrogen-bond acceptors (Lipinski definition) is 3. The van der Waals surface area contributed by atoms with E-state index in [4.69, 9.17) is 10.5 Å². The predicted octanol–water partition coefficient (Wildman–Crippen LogP) is 2.11. The average Bonchev–Trinajstić information content (AvgIpc) is 2.86. The lowest BCUT2D eigenvalue weighted by molar-refractivity contribution is 0.410. The number of ether oxygens (including phenoxy) is 1. The number of H-pyrrole nitrogens is 1. The molecule has 0 bridgehead atoms. The molecule has 0 radical (unpaired) electrons. The van der Waals surface area contributed by atoms with Gasteiger partial charge in [0.1, 0.15) is 5.75 Å². The van der Waals surface area contributed by atoms with Crippen LogP contribution in [-0.2, 0) is 13.0 Å². The summed E-state index contributed by atoms with van der Waals surface area (Å²) in [6, 6.07) is 6.12. The van der Waals surface area contributed by atoms with E-state index in [1.54, 1.807) is 13.3 Å². The molecule has 0 atom stereocenters. The Morgan fingerprint density at radius 3 is 2.82 bits per heavy atom. The third kappa shape index (κ3) is 2.17. The first-order valence-electron chi connectivity index (χ1n) is 5.69. The molecule has 0 amide bonds. The van der Waals surface area contributed by atoms with Gasteiger partial charge < -0.3 is 10.5 Å². The van der Waals surface area contributed by atoms with Crippen molar-refractivity contribution in [3.8, 4) is 17.0 Å². The van der Waals surface area contributed by atoms with Gasteiger partial charge in [-0.05, 0) is 30.2 Å². The van der Waals surface area contributed by atoms with E-state index in [1.165, 1.54) is 5.56 Å². The van der Waals surface area contributed by atoms with Gasteiger partial charge in [0.15, 0.2) is 0 Å². The molecule has 4 heteroatoms. The van der Waals surface area contributed by atoms with Gasteiger partial charge in [0.05, 0.1) is 19.0 Å². The predicted molar refractivity (Wildman–Crippen MR) is 67.8 cm³/mol. The summed E-state index contributed by atoms with van der Waals surface area (Å²) in [7, 11) is 1.69. The maximum Gasteiger partial charge on any atom is 0.122 e. The number of benzene rings is 1. The molecule has 0 unspecified atom stereocenters. The fraction of sp³-hybridized carbons (Fsp3) is 0.308. The summed E-state index contributed by atoms with van der Waals surface area (Å²) >= 11 is 0. The van der Waals surface area contributed by atoms with Crippen LogP contribution in [0.15, 0.2) is 24.4 Å². The van der Waals surface area contributed by atoms with Crippen LogP contribution in [0.2, 0.25) is 0 Å². The normalized spacial score (nSPS) is 10.5. The van der Waals surface area contributed by atoms with Crippen LogP contribution >= 0.6 is 0 Å². The lowest BCUT2D eigenvalue weighted by Gasteiger charge is -2.09. The fourth-order valence-electron chi connectivity index (χ4n) is 1.93. The van der Waals surface area contributed by atoms with Gasteiger partial charge in [-0.1, -0.05) is 6.92 Å². The number of nitrogens with two attached hydrogens (primary N) is 1. The molecular weight excluding hydrogens is 214 g/mol. The molecule has 0 saturated carbocycles. The first-order chi connectivity index (χ1) is 8.30. The number of rotatable bonds is 4. The average molecular weight is 231 g/mol. The number of nitrogens with zero attached hydrogens (tertiary/aromatic N) is 1. The van der Waals surface area contributed by atoms with E-state index in [0.29, 0.717) is 6.54 Å². The highest BCUT2D eigenvalue weighted by Gasteiger charge is 2.09. The van der Waals surface area contributed by atoms with Crippen molar-refractivity contribution in [2.24, 2.45) is 5.73 Å². The molecule has 90 valence electrons. The Hall–Kier alpha value is -1.81. The van der Waals surface area contributed by atoms with Crippen molar-refractivity contribution in [3.63, 3.8) is 0 Å². The Labute approximate surface area is 101 Å². The molecule has 1 aromatic carbocycles. The zero-order chi connectivity index (χ0) is 12.3. The van der Waals surface area contributed by atoms with Crippen LogP contribution in [0.3, 0.4) is 0 Å². The standard InChI is InChI=1S/C13H17N3O/c1-3-9-6-10(4-5-12(9)17-2)13-11(7-14)8-15-16-13/h4-6,8H,3,7,14H2,1-2H3,(H,15,16). The van der Waals surface area contributed by atoms with Crippen molar-refractivity contribution in [3.05, 3.63) is 35.5 Å². The second-order valence-electron chi connectivity index (χ2n) is 3.85. The van der Waals surface area contributed by atoms with Crippen LogP contribution in [-0.4, -0.2) is 17.3 Å². The van der Waals surface area contributed by atoms with Gasteiger partial charge in [-0.3, -0.25) is 5.10 Å². The maximum atomic E-state index is 5.67. The maximum absolute atomic E-state index is 5.67. The lowest BCUT2D eigenvalue weighted by Crippen LogP contribution is -1.97. The molecule has 1 aromatic heterocycles. The minimum atomic E-state index is 0.485. The molecule has 0 saturated heterocycles. The van der Waals surface area contributed by atoms with Gasteiger partial charge in [-0.25, -0.2) is 0 Å². The van der Waals surface area contributed by atoms with Crippen LogP contribution in [0, 0.1) is 0 Å². The third-order valence-electron chi connectivity index (χ3n) is 2.89. The highest BCUT2D eigenvalue weighted by molar-refractivity contribution is 5.65. The molecule has 2 rings (SSSR count). The van der Waals surface area contributed by atoms with Gasteiger partial charge in [-0.2, -0.15) is 5.10 Å². The summed E-state index contributed by atoms with van der Waals surface area (Å²) in [5.41, 5.74) is 9.97. The summed E-state index contributed by atoms with van der Waals surface area (Å²) in [6.07, 6.45) is 2.70. The number of aryl methyl sites for hydroxylation is 1. The minimum Gasteiger partial charge on any atom is -0.496 e. The highest BCUT2D eigenvalue weighted by Crippen LogP contribution is 2.27. The van der Waals surface area contributed by atoms with E-state index >= 15 is 0 Å². The van der Waals surface area contributed by atoms with E-state index in [-0.39, 0.29) is 0 Å². The Morgan fingerprint density at radius 1 is 1.35 bits per heavy atom. The summed E-state index contributed by atoms with van der Waals surface area (Å²) in [6.45, 7) is 2.59. The Balaban J connectivity index is 2.46. The number of aromatic amines is 1. The quantitative estimate of drug-likeness (QED) is 0.847. The summed E-state index contributed by atoms with van der Waals surface area (Å²) in [4.78, 5) is 0. The first kappa shape index (κ1) is 11.7. The molecular formula is C13H17N3O. The molecule has 3 N–H and O–H groups in total. The van der Waals surface area contributed by atoms with E-state index < -0.39 is 0 Å². The fourth-order valence-corrected chi connectivity index (χ4v) is 1.93.